The zero-order valence-electron chi connectivity index (χ0n) is 10.0. The molecule has 92 valence electrons. The summed E-state index contributed by atoms with van der Waals surface area (Å²) in [5, 5.41) is 10.8. The van der Waals surface area contributed by atoms with Crippen molar-refractivity contribution >= 4 is 5.91 Å². The van der Waals surface area contributed by atoms with E-state index in [1.54, 1.807) is 16.9 Å². The van der Waals surface area contributed by atoms with Gasteiger partial charge in [0.2, 0.25) is 0 Å². The molecule has 2 atom stereocenters. The molecule has 2 N–H and O–H groups in total. The van der Waals surface area contributed by atoms with E-state index in [9.17, 15) is 4.79 Å². The Morgan fingerprint density at radius 2 is 2.18 bits per heavy atom. The first kappa shape index (κ1) is 10.8. The lowest BCUT2D eigenvalue weighted by Crippen LogP contribution is -2.48. The highest BCUT2D eigenvalue weighted by Gasteiger charge is 2.34. The standard InChI is InChI=1S/C12H18N4O/c1-16-5-4-11(15-16)12(17)14-10-6-8-2-3-9(7-10)13-8/h4-5,8-10,13H,2-3,6-7H2,1H3,(H,14,17). The van der Waals surface area contributed by atoms with Crippen LogP contribution in [0.15, 0.2) is 12.3 Å². The van der Waals surface area contributed by atoms with Gasteiger partial charge in [0.25, 0.3) is 5.91 Å². The highest BCUT2D eigenvalue weighted by atomic mass is 16.2. The Morgan fingerprint density at radius 3 is 2.76 bits per heavy atom. The molecular formula is C12H18N4O. The van der Waals surface area contributed by atoms with E-state index in [2.05, 4.69) is 15.7 Å². The van der Waals surface area contributed by atoms with Crippen molar-refractivity contribution in [2.45, 2.75) is 43.8 Å². The van der Waals surface area contributed by atoms with Gasteiger partial charge in [0.15, 0.2) is 0 Å². The summed E-state index contributed by atoms with van der Waals surface area (Å²) >= 11 is 0. The SMILES string of the molecule is Cn1ccc(C(=O)NC2CC3CCC(C2)N3)n1. The lowest BCUT2D eigenvalue weighted by Gasteiger charge is -2.29. The monoisotopic (exact) mass is 234 g/mol. The number of nitrogens with zero attached hydrogens (tertiary/aromatic N) is 2. The average Bonchev–Trinajstić information content (AvgIpc) is 2.85. The van der Waals surface area contributed by atoms with Crippen molar-refractivity contribution in [3.63, 3.8) is 0 Å². The zero-order chi connectivity index (χ0) is 11.8. The van der Waals surface area contributed by atoms with Crippen molar-refractivity contribution in [1.82, 2.24) is 20.4 Å². The first-order valence-electron chi connectivity index (χ1n) is 6.27. The smallest absolute Gasteiger partial charge is 0.271 e. The van der Waals surface area contributed by atoms with Crippen LogP contribution in [-0.4, -0.2) is 33.8 Å². The first-order chi connectivity index (χ1) is 8.20. The topological polar surface area (TPSA) is 59.0 Å². The Kier molecular flexibility index (Phi) is 2.63. The number of piperidine rings is 1. The van der Waals surface area contributed by atoms with Gasteiger partial charge in [-0.2, -0.15) is 5.10 Å². The Morgan fingerprint density at radius 1 is 1.47 bits per heavy atom. The van der Waals surface area contributed by atoms with Gasteiger partial charge in [-0.15, -0.1) is 0 Å². The van der Waals surface area contributed by atoms with Gasteiger partial charge in [0.05, 0.1) is 0 Å². The zero-order valence-corrected chi connectivity index (χ0v) is 10.0. The van der Waals surface area contributed by atoms with Crippen molar-refractivity contribution in [1.29, 1.82) is 0 Å². The Balaban J connectivity index is 1.62. The first-order valence-corrected chi connectivity index (χ1v) is 6.27. The number of aromatic nitrogens is 2. The molecule has 0 aromatic carbocycles. The van der Waals surface area contributed by atoms with Gasteiger partial charge in [-0.1, -0.05) is 0 Å². The van der Waals surface area contributed by atoms with Crippen molar-refractivity contribution in [3.05, 3.63) is 18.0 Å². The van der Waals surface area contributed by atoms with Gasteiger partial charge in [0.1, 0.15) is 5.69 Å². The maximum atomic E-state index is 12.0. The van der Waals surface area contributed by atoms with Crippen LogP contribution in [0.4, 0.5) is 0 Å². The fraction of sp³-hybridized carbons (Fsp3) is 0.667. The quantitative estimate of drug-likeness (QED) is 0.780. The van der Waals surface area contributed by atoms with Gasteiger partial charge < -0.3 is 10.6 Å². The largest absolute Gasteiger partial charge is 0.348 e. The lowest BCUT2D eigenvalue weighted by atomic mass is 10.00. The number of aryl methyl sites for hydroxylation is 1. The van der Waals surface area contributed by atoms with Crippen LogP contribution in [0.3, 0.4) is 0 Å². The molecule has 0 spiro atoms. The van der Waals surface area contributed by atoms with Crippen LogP contribution in [0.2, 0.25) is 0 Å². The maximum absolute atomic E-state index is 12.0. The van der Waals surface area contributed by atoms with Crippen molar-refractivity contribution in [2.24, 2.45) is 7.05 Å². The minimum Gasteiger partial charge on any atom is -0.348 e. The molecule has 2 aliphatic rings. The van der Waals surface area contributed by atoms with Gasteiger partial charge in [-0.05, 0) is 31.7 Å². The van der Waals surface area contributed by atoms with Gasteiger partial charge in [0, 0.05) is 31.4 Å². The van der Waals surface area contributed by atoms with E-state index in [0.717, 1.165) is 12.8 Å². The molecule has 5 heteroatoms. The van der Waals surface area contributed by atoms with E-state index in [-0.39, 0.29) is 5.91 Å². The molecule has 1 aromatic heterocycles. The Labute approximate surface area is 101 Å². The van der Waals surface area contributed by atoms with E-state index in [0.29, 0.717) is 23.8 Å². The summed E-state index contributed by atoms with van der Waals surface area (Å²) in [7, 11) is 1.82. The van der Waals surface area contributed by atoms with Gasteiger partial charge in [-0.3, -0.25) is 9.48 Å². The number of hydrogen-bond acceptors (Lipinski definition) is 3. The summed E-state index contributed by atoms with van der Waals surface area (Å²) in [6, 6.07) is 3.26. The molecule has 0 radical (unpaired) electrons. The second-order valence-corrected chi connectivity index (χ2v) is 5.15. The molecule has 1 aromatic rings. The molecule has 3 heterocycles. The molecule has 2 bridgehead atoms. The predicted molar refractivity (Wildman–Crippen MR) is 63.6 cm³/mol. The van der Waals surface area contributed by atoms with Gasteiger partial charge >= 0.3 is 0 Å². The third kappa shape index (κ3) is 2.20. The molecule has 3 rings (SSSR count). The molecule has 0 saturated carbocycles. The van der Waals surface area contributed by atoms with Crippen LogP contribution in [0, 0.1) is 0 Å². The molecule has 17 heavy (non-hydrogen) atoms. The van der Waals surface area contributed by atoms with Crippen LogP contribution in [-0.2, 0) is 7.05 Å². The summed E-state index contributed by atoms with van der Waals surface area (Å²) in [5.41, 5.74) is 0.512. The number of amides is 1. The second-order valence-electron chi connectivity index (χ2n) is 5.15. The number of nitrogens with one attached hydrogen (secondary N) is 2. The third-order valence-corrected chi connectivity index (χ3v) is 3.75. The van der Waals surface area contributed by atoms with Crippen molar-refractivity contribution in [3.8, 4) is 0 Å². The van der Waals surface area contributed by atoms with E-state index in [1.807, 2.05) is 7.05 Å². The molecule has 2 unspecified atom stereocenters. The maximum Gasteiger partial charge on any atom is 0.271 e. The minimum atomic E-state index is -0.0445. The predicted octanol–water partition coefficient (Wildman–Crippen LogP) is 0.433. The van der Waals surface area contributed by atoms with E-state index in [4.69, 9.17) is 0 Å². The van der Waals surface area contributed by atoms with E-state index in [1.165, 1.54) is 12.8 Å². The highest BCUT2D eigenvalue weighted by Crippen LogP contribution is 2.26. The number of fused-ring (bicyclic) bond motifs is 2. The fourth-order valence-electron chi connectivity index (χ4n) is 2.97. The van der Waals surface area contributed by atoms with Crippen LogP contribution >= 0.6 is 0 Å². The molecule has 1 amide bonds. The fourth-order valence-corrected chi connectivity index (χ4v) is 2.97. The number of hydrogen-bond donors (Lipinski definition) is 2. The minimum absolute atomic E-state index is 0.0445. The highest BCUT2D eigenvalue weighted by molar-refractivity contribution is 5.92. The average molecular weight is 234 g/mol. The lowest BCUT2D eigenvalue weighted by molar-refractivity contribution is 0.0918. The summed E-state index contributed by atoms with van der Waals surface area (Å²) in [5.74, 6) is -0.0445. The number of carbonyl (C=O) groups is 1. The normalized spacial score (nSPS) is 31.5. The van der Waals surface area contributed by atoms with E-state index >= 15 is 0 Å². The van der Waals surface area contributed by atoms with Crippen LogP contribution in [0.5, 0.6) is 0 Å². The van der Waals surface area contributed by atoms with Gasteiger partial charge in [-0.25, -0.2) is 0 Å². The van der Waals surface area contributed by atoms with Crippen molar-refractivity contribution in [2.75, 3.05) is 0 Å². The van der Waals surface area contributed by atoms with Crippen LogP contribution in [0.25, 0.3) is 0 Å². The second kappa shape index (κ2) is 4.14. The van der Waals surface area contributed by atoms with E-state index < -0.39 is 0 Å². The molecule has 2 fully saturated rings. The third-order valence-electron chi connectivity index (χ3n) is 3.75. The number of rotatable bonds is 2. The Bertz CT molecular complexity index is 416. The molecule has 0 aliphatic carbocycles. The molecular weight excluding hydrogens is 216 g/mol. The molecule has 2 saturated heterocycles. The summed E-state index contributed by atoms with van der Waals surface area (Å²) in [4.78, 5) is 12.0. The summed E-state index contributed by atoms with van der Waals surface area (Å²) in [6.07, 6.45) is 6.40. The van der Waals surface area contributed by atoms with Crippen LogP contribution in [0.1, 0.15) is 36.2 Å². The molecule has 2 aliphatic heterocycles. The molecule has 5 nitrogen and oxygen atoms in total. The summed E-state index contributed by atoms with van der Waals surface area (Å²) < 4.78 is 1.65. The van der Waals surface area contributed by atoms with Crippen molar-refractivity contribution < 1.29 is 4.79 Å². The number of carbonyl (C=O) groups excluding carboxylic acids is 1. The Hall–Kier alpha value is -1.36. The summed E-state index contributed by atoms with van der Waals surface area (Å²) in [6.45, 7) is 0. The van der Waals surface area contributed by atoms with Crippen LogP contribution < -0.4 is 10.6 Å².